The van der Waals surface area contributed by atoms with Gasteiger partial charge in [-0.15, -0.1) is 0 Å². The molecule has 1 rings (SSSR count). The number of amides is 1. The van der Waals surface area contributed by atoms with E-state index in [1.165, 1.54) is 6.07 Å². The van der Waals surface area contributed by atoms with Crippen LogP contribution < -0.4 is 11.1 Å². The largest absolute Gasteiger partial charge is 0.399 e. The van der Waals surface area contributed by atoms with Crippen LogP contribution in [-0.4, -0.2) is 31.4 Å². The summed E-state index contributed by atoms with van der Waals surface area (Å²) in [4.78, 5) is 12.9. The van der Waals surface area contributed by atoms with Crippen molar-refractivity contribution in [2.75, 3.05) is 26.4 Å². The number of halogens is 1. The molecule has 0 aliphatic carbocycles. The molecule has 94 valence electrons. The number of carbonyl (C=O) groups excluding carboxylic acids is 1. The molecule has 0 fully saturated rings. The Hall–Kier alpha value is -1.62. The second-order valence-electron chi connectivity index (χ2n) is 4.01. The van der Waals surface area contributed by atoms with Gasteiger partial charge in [0.25, 0.3) is 0 Å². The number of anilines is 1. The second kappa shape index (κ2) is 6.20. The van der Waals surface area contributed by atoms with Gasteiger partial charge in [-0.1, -0.05) is 6.07 Å². The van der Waals surface area contributed by atoms with E-state index in [2.05, 4.69) is 5.32 Å². The van der Waals surface area contributed by atoms with Crippen LogP contribution in [0.15, 0.2) is 18.2 Å². The van der Waals surface area contributed by atoms with Crippen LogP contribution in [0.4, 0.5) is 10.1 Å². The first kappa shape index (κ1) is 13.4. The Morgan fingerprint density at radius 2 is 2.24 bits per heavy atom. The molecule has 0 aliphatic heterocycles. The minimum absolute atomic E-state index is 0.0189. The lowest BCUT2D eigenvalue weighted by atomic mass is 10.2. The summed E-state index contributed by atoms with van der Waals surface area (Å²) >= 11 is 0. The molecule has 0 saturated carbocycles. The summed E-state index contributed by atoms with van der Waals surface area (Å²) < 4.78 is 13.5. The Balaban J connectivity index is 2.50. The quantitative estimate of drug-likeness (QED) is 0.753. The third-order valence-electron chi connectivity index (χ3n) is 2.52. The van der Waals surface area contributed by atoms with E-state index in [9.17, 15) is 9.18 Å². The van der Waals surface area contributed by atoms with Crippen LogP contribution in [0.3, 0.4) is 0 Å². The monoisotopic (exact) mass is 239 g/mol. The Morgan fingerprint density at radius 1 is 1.53 bits per heavy atom. The lowest BCUT2D eigenvalue weighted by Gasteiger charge is -2.16. The van der Waals surface area contributed by atoms with E-state index in [0.29, 0.717) is 30.8 Å². The van der Waals surface area contributed by atoms with Crippen molar-refractivity contribution in [3.63, 3.8) is 0 Å². The number of nitrogen functional groups attached to an aromatic ring is 1. The second-order valence-corrected chi connectivity index (χ2v) is 4.01. The van der Waals surface area contributed by atoms with Crippen molar-refractivity contribution in [2.24, 2.45) is 0 Å². The number of rotatable bonds is 5. The van der Waals surface area contributed by atoms with E-state index in [0.717, 1.165) is 0 Å². The standard InChI is InChI=1S/C12H18FN3O/c1-15-12(17)5-6-16(2)8-9-3-4-10(14)7-11(9)13/h3-4,7H,5-6,8,14H2,1-2H3,(H,15,17). The van der Waals surface area contributed by atoms with Gasteiger partial charge in [-0.25, -0.2) is 4.39 Å². The maximum Gasteiger partial charge on any atom is 0.221 e. The lowest BCUT2D eigenvalue weighted by molar-refractivity contribution is -0.120. The molecule has 0 bridgehead atoms. The fraction of sp³-hybridized carbons (Fsp3) is 0.417. The lowest BCUT2D eigenvalue weighted by Crippen LogP contribution is -2.26. The molecular formula is C12H18FN3O. The van der Waals surface area contributed by atoms with Crippen LogP contribution in [0.2, 0.25) is 0 Å². The van der Waals surface area contributed by atoms with Gasteiger partial charge < -0.3 is 16.0 Å². The summed E-state index contributed by atoms with van der Waals surface area (Å²) in [7, 11) is 3.45. The van der Waals surface area contributed by atoms with E-state index in [1.807, 2.05) is 11.9 Å². The minimum atomic E-state index is -0.309. The minimum Gasteiger partial charge on any atom is -0.399 e. The van der Waals surface area contributed by atoms with Crippen LogP contribution in [0.1, 0.15) is 12.0 Å². The van der Waals surface area contributed by atoms with Crippen molar-refractivity contribution in [3.05, 3.63) is 29.6 Å². The molecule has 1 aromatic rings. The Morgan fingerprint density at radius 3 is 2.82 bits per heavy atom. The average Bonchev–Trinajstić information content (AvgIpc) is 2.29. The highest BCUT2D eigenvalue weighted by molar-refractivity contribution is 5.75. The molecule has 4 nitrogen and oxygen atoms in total. The first-order valence-corrected chi connectivity index (χ1v) is 5.46. The average molecular weight is 239 g/mol. The number of nitrogens with zero attached hydrogens (tertiary/aromatic N) is 1. The summed E-state index contributed by atoms with van der Waals surface area (Å²) in [6.45, 7) is 1.05. The number of carbonyl (C=O) groups is 1. The summed E-state index contributed by atoms with van der Waals surface area (Å²) in [5, 5.41) is 2.55. The van der Waals surface area contributed by atoms with Gasteiger partial charge in [-0.05, 0) is 19.2 Å². The predicted octanol–water partition coefficient (Wildman–Crippen LogP) is 0.976. The summed E-state index contributed by atoms with van der Waals surface area (Å²) in [6.07, 6.45) is 0.406. The van der Waals surface area contributed by atoms with Gasteiger partial charge >= 0.3 is 0 Å². The molecule has 1 amide bonds. The number of hydrogen-bond acceptors (Lipinski definition) is 3. The molecule has 0 unspecified atom stereocenters. The first-order chi connectivity index (χ1) is 8.02. The van der Waals surface area contributed by atoms with Gasteiger partial charge in [-0.2, -0.15) is 0 Å². The van der Waals surface area contributed by atoms with Gasteiger partial charge in [0.15, 0.2) is 0 Å². The van der Waals surface area contributed by atoms with Crippen molar-refractivity contribution in [3.8, 4) is 0 Å². The van der Waals surface area contributed by atoms with Crippen LogP contribution in [0.5, 0.6) is 0 Å². The van der Waals surface area contributed by atoms with Crippen molar-refractivity contribution in [1.82, 2.24) is 10.2 Å². The van der Waals surface area contributed by atoms with Gasteiger partial charge in [0.2, 0.25) is 5.91 Å². The molecule has 0 aliphatic rings. The number of benzene rings is 1. The smallest absolute Gasteiger partial charge is 0.221 e. The van der Waals surface area contributed by atoms with Gasteiger partial charge in [-0.3, -0.25) is 4.79 Å². The molecule has 0 saturated heterocycles. The third kappa shape index (κ3) is 4.40. The zero-order chi connectivity index (χ0) is 12.8. The number of nitrogens with one attached hydrogen (secondary N) is 1. The first-order valence-electron chi connectivity index (χ1n) is 5.46. The zero-order valence-corrected chi connectivity index (χ0v) is 10.2. The molecule has 0 aromatic heterocycles. The molecule has 17 heavy (non-hydrogen) atoms. The highest BCUT2D eigenvalue weighted by atomic mass is 19.1. The van der Waals surface area contributed by atoms with Crippen molar-refractivity contribution >= 4 is 11.6 Å². The Bertz CT molecular complexity index is 395. The van der Waals surface area contributed by atoms with Crippen LogP contribution >= 0.6 is 0 Å². The van der Waals surface area contributed by atoms with Gasteiger partial charge in [0.1, 0.15) is 5.82 Å². The molecule has 0 spiro atoms. The molecule has 5 heteroatoms. The molecule has 1 aromatic carbocycles. The maximum absolute atomic E-state index is 13.5. The van der Waals surface area contributed by atoms with E-state index in [1.54, 1.807) is 19.2 Å². The SMILES string of the molecule is CNC(=O)CCN(C)Cc1ccc(N)cc1F. The zero-order valence-electron chi connectivity index (χ0n) is 10.2. The number of hydrogen-bond donors (Lipinski definition) is 2. The normalized spacial score (nSPS) is 10.6. The molecule has 0 atom stereocenters. The van der Waals surface area contributed by atoms with Crippen molar-refractivity contribution < 1.29 is 9.18 Å². The Kier molecular flexibility index (Phi) is 4.90. The van der Waals surface area contributed by atoms with Crippen LogP contribution in [-0.2, 0) is 11.3 Å². The van der Waals surface area contributed by atoms with Crippen LogP contribution in [0.25, 0.3) is 0 Å². The van der Waals surface area contributed by atoms with E-state index in [-0.39, 0.29) is 11.7 Å². The Labute approximate surface area is 101 Å². The topological polar surface area (TPSA) is 58.4 Å². The molecule has 0 radical (unpaired) electrons. The fourth-order valence-electron chi connectivity index (χ4n) is 1.48. The van der Waals surface area contributed by atoms with Crippen molar-refractivity contribution in [1.29, 1.82) is 0 Å². The molecule has 3 N–H and O–H groups in total. The summed E-state index contributed by atoms with van der Waals surface area (Å²) in [6, 6.07) is 4.65. The molecular weight excluding hydrogens is 221 g/mol. The highest BCUT2D eigenvalue weighted by Crippen LogP contribution is 2.13. The third-order valence-corrected chi connectivity index (χ3v) is 2.52. The number of nitrogens with two attached hydrogens (primary N) is 1. The molecule has 0 heterocycles. The summed E-state index contributed by atoms with van der Waals surface area (Å²) in [5.41, 5.74) is 6.47. The fourth-order valence-corrected chi connectivity index (χ4v) is 1.48. The van der Waals surface area contributed by atoms with E-state index >= 15 is 0 Å². The van der Waals surface area contributed by atoms with Gasteiger partial charge in [0, 0.05) is 37.8 Å². The highest BCUT2D eigenvalue weighted by Gasteiger charge is 2.07. The van der Waals surface area contributed by atoms with Gasteiger partial charge in [0.05, 0.1) is 0 Å². The van der Waals surface area contributed by atoms with E-state index < -0.39 is 0 Å². The summed E-state index contributed by atoms with van der Waals surface area (Å²) in [5.74, 6) is -0.327. The van der Waals surface area contributed by atoms with Crippen molar-refractivity contribution in [2.45, 2.75) is 13.0 Å². The maximum atomic E-state index is 13.5. The van der Waals surface area contributed by atoms with Crippen LogP contribution in [0, 0.1) is 5.82 Å². The predicted molar refractivity (Wildman–Crippen MR) is 65.8 cm³/mol. The van der Waals surface area contributed by atoms with E-state index in [4.69, 9.17) is 5.73 Å².